The lowest BCUT2D eigenvalue weighted by Gasteiger charge is -2.35. The number of aryl methyl sites for hydroxylation is 1. The van der Waals surface area contributed by atoms with Crippen LogP contribution in [0.2, 0.25) is 0 Å². The number of hydrogen-bond acceptors (Lipinski definition) is 5. The predicted molar refractivity (Wildman–Crippen MR) is 92.4 cm³/mol. The maximum atomic E-state index is 12.6. The van der Waals surface area contributed by atoms with E-state index < -0.39 is 10.0 Å². The summed E-state index contributed by atoms with van der Waals surface area (Å²) in [6.45, 7) is 2.76. The second-order valence-corrected chi connectivity index (χ2v) is 8.33. The lowest BCUT2D eigenvalue weighted by molar-refractivity contribution is 0.213. The number of hydrogen-bond donors (Lipinski definition) is 1. The van der Waals surface area contributed by atoms with Gasteiger partial charge in [0.2, 0.25) is 10.0 Å². The van der Waals surface area contributed by atoms with Gasteiger partial charge in [0, 0.05) is 32.4 Å². The molecule has 1 aromatic heterocycles. The minimum atomic E-state index is -3.49. The zero-order chi connectivity index (χ0) is 17.3. The highest BCUT2D eigenvalue weighted by atomic mass is 32.2. The summed E-state index contributed by atoms with van der Waals surface area (Å²) in [5, 5.41) is 4.08. The van der Waals surface area contributed by atoms with E-state index >= 15 is 0 Å². The minimum Gasteiger partial charge on any atom is -0.377 e. The maximum absolute atomic E-state index is 12.6. The van der Waals surface area contributed by atoms with Crippen molar-refractivity contribution >= 4 is 15.7 Å². The third kappa shape index (κ3) is 3.59. The molecule has 0 radical (unpaired) electrons. The van der Waals surface area contributed by atoms with E-state index in [2.05, 4.69) is 14.8 Å². The summed E-state index contributed by atoms with van der Waals surface area (Å²) in [7, 11) is 0.329. The Balaban J connectivity index is 1.62. The molecule has 3 rings (SSSR count). The summed E-state index contributed by atoms with van der Waals surface area (Å²) in [5.41, 5.74) is 1.96. The molecule has 130 valence electrons. The summed E-state index contributed by atoms with van der Waals surface area (Å²) in [6, 6.07) is 5.23. The Morgan fingerprint density at radius 2 is 2.08 bits per heavy atom. The Hall–Kier alpha value is -1.93. The standard InChI is InChI=1S/C16H23N5O2S/c1-12-4-5-15(8-16(12)20(2)3)24(22,23)19-14-6-13(7-14)9-21-11-17-10-18-21/h4-5,8,10-11,13-14,19H,6-7,9H2,1-3H3. The van der Waals surface area contributed by atoms with Crippen LogP contribution in [0.3, 0.4) is 0 Å². The summed E-state index contributed by atoms with van der Waals surface area (Å²) in [5.74, 6) is 0.440. The third-order valence-electron chi connectivity index (χ3n) is 4.44. The Labute approximate surface area is 142 Å². The van der Waals surface area contributed by atoms with Crippen molar-refractivity contribution in [3.8, 4) is 0 Å². The number of rotatable bonds is 6. The highest BCUT2D eigenvalue weighted by Gasteiger charge is 2.33. The van der Waals surface area contributed by atoms with Crippen LogP contribution in [0.5, 0.6) is 0 Å². The van der Waals surface area contributed by atoms with Gasteiger partial charge in [-0.25, -0.2) is 18.1 Å². The van der Waals surface area contributed by atoms with Gasteiger partial charge in [0.05, 0.1) is 4.90 Å². The Morgan fingerprint density at radius 1 is 1.33 bits per heavy atom. The summed E-state index contributed by atoms with van der Waals surface area (Å²) >= 11 is 0. The maximum Gasteiger partial charge on any atom is 0.240 e. The minimum absolute atomic E-state index is 0.00682. The van der Waals surface area contributed by atoms with Crippen LogP contribution < -0.4 is 9.62 Å². The van der Waals surface area contributed by atoms with Gasteiger partial charge in [-0.2, -0.15) is 5.10 Å². The average Bonchev–Trinajstić information content (AvgIpc) is 2.97. The first-order valence-corrected chi connectivity index (χ1v) is 9.46. The molecule has 8 heteroatoms. The Bertz CT molecular complexity index is 796. The molecule has 0 unspecified atom stereocenters. The molecule has 1 heterocycles. The molecule has 0 atom stereocenters. The van der Waals surface area contributed by atoms with Crippen LogP contribution in [0.25, 0.3) is 0 Å². The van der Waals surface area contributed by atoms with Crippen LogP contribution >= 0.6 is 0 Å². The van der Waals surface area contributed by atoms with Gasteiger partial charge in [0.1, 0.15) is 12.7 Å². The van der Waals surface area contributed by atoms with E-state index in [4.69, 9.17) is 0 Å². The summed E-state index contributed by atoms with van der Waals surface area (Å²) in [6.07, 6.45) is 4.85. The molecule has 0 bridgehead atoms. The number of sulfonamides is 1. The van der Waals surface area contributed by atoms with Crippen LogP contribution in [0.4, 0.5) is 5.69 Å². The van der Waals surface area contributed by atoms with E-state index in [0.29, 0.717) is 10.8 Å². The largest absolute Gasteiger partial charge is 0.377 e. The monoisotopic (exact) mass is 349 g/mol. The fourth-order valence-electron chi connectivity index (χ4n) is 3.10. The normalized spacial score (nSPS) is 20.6. The molecule has 2 aromatic rings. The van der Waals surface area contributed by atoms with Gasteiger partial charge in [-0.15, -0.1) is 0 Å². The van der Waals surface area contributed by atoms with Crippen molar-refractivity contribution in [2.24, 2.45) is 5.92 Å². The van der Waals surface area contributed by atoms with Crippen LogP contribution in [0.15, 0.2) is 35.7 Å². The molecule has 24 heavy (non-hydrogen) atoms. The van der Waals surface area contributed by atoms with E-state index in [-0.39, 0.29) is 6.04 Å². The van der Waals surface area contributed by atoms with Gasteiger partial charge in [0.15, 0.2) is 0 Å². The van der Waals surface area contributed by atoms with Crippen molar-refractivity contribution in [2.75, 3.05) is 19.0 Å². The number of aromatic nitrogens is 3. The average molecular weight is 349 g/mol. The molecule has 1 aliphatic rings. The van der Waals surface area contributed by atoms with E-state index in [1.165, 1.54) is 6.33 Å². The topological polar surface area (TPSA) is 80.1 Å². The van der Waals surface area contributed by atoms with E-state index in [0.717, 1.165) is 30.6 Å². The molecular formula is C16H23N5O2S. The molecule has 1 N–H and O–H groups in total. The lowest BCUT2D eigenvalue weighted by Crippen LogP contribution is -2.45. The number of anilines is 1. The molecular weight excluding hydrogens is 326 g/mol. The fourth-order valence-corrected chi connectivity index (χ4v) is 4.38. The first-order valence-electron chi connectivity index (χ1n) is 7.98. The van der Waals surface area contributed by atoms with Crippen molar-refractivity contribution in [1.29, 1.82) is 0 Å². The van der Waals surface area contributed by atoms with Crippen molar-refractivity contribution in [3.05, 3.63) is 36.4 Å². The molecule has 1 saturated carbocycles. The number of benzene rings is 1. The Morgan fingerprint density at radius 3 is 2.71 bits per heavy atom. The van der Waals surface area contributed by atoms with Crippen molar-refractivity contribution in [2.45, 2.75) is 37.2 Å². The first kappa shape index (κ1) is 16.9. The van der Waals surface area contributed by atoms with Gasteiger partial charge in [-0.1, -0.05) is 6.07 Å². The second kappa shape index (κ2) is 6.52. The first-order chi connectivity index (χ1) is 11.3. The van der Waals surface area contributed by atoms with Crippen LogP contribution in [0.1, 0.15) is 18.4 Å². The zero-order valence-corrected chi connectivity index (χ0v) is 15.0. The molecule has 0 spiro atoms. The van der Waals surface area contributed by atoms with Crippen molar-refractivity contribution in [1.82, 2.24) is 19.5 Å². The van der Waals surface area contributed by atoms with E-state index in [9.17, 15) is 8.42 Å². The SMILES string of the molecule is Cc1ccc(S(=O)(=O)NC2CC(Cn3cncn3)C2)cc1N(C)C. The molecule has 7 nitrogen and oxygen atoms in total. The molecule has 1 fully saturated rings. The van der Waals surface area contributed by atoms with Gasteiger partial charge in [-0.05, 0) is 43.4 Å². The van der Waals surface area contributed by atoms with E-state index in [1.807, 2.05) is 32.0 Å². The molecule has 1 aliphatic carbocycles. The van der Waals surface area contributed by atoms with Gasteiger partial charge < -0.3 is 4.90 Å². The predicted octanol–water partition coefficient (Wildman–Crippen LogP) is 1.41. The van der Waals surface area contributed by atoms with Crippen molar-refractivity contribution in [3.63, 3.8) is 0 Å². The molecule has 0 aliphatic heterocycles. The molecule has 1 aromatic carbocycles. The highest BCUT2D eigenvalue weighted by molar-refractivity contribution is 7.89. The van der Waals surface area contributed by atoms with Gasteiger partial charge in [0.25, 0.3) is 0 Å². The number of nitrogens with one attached hydrogen (secondary N) is 1. The van der Waals surface area contributed by atoms with Gasteiger partial charge >= 0.3 is 0 Å². The summed E-state index contributed by atoms with van der Waals surface area (Å²) in [4.78, 5) is 6.16. The third-order valence-corrected chi connectivity index (χ3v) is 5.96. The summed E-state index contributed by atoms with van der Waals surface area (Å²) < 4.78 is 29.8. The highest BCUT2D eigenvalue weighted by Crippen LogP contribution is 2.30. The lowest BCUT2D eigenvalue weighted by atomic mass is 9.81. The Kier molecular flexibility index (Phi) is 4.60. The molecule has 0 amide bonds. The van der Waals surface area contributed by atoms with E-state index in [1.54, 1.807) is 23.1 Å². The fraction of sp³-hybridized carbons (Fsp3) is 0.500. The molecule has 0 saturated heterocycles. The van der Waals surface area contributed by atoms with Crippen LogP contribution in [-0.4, -0.2) is 43.3 Å². The quantitative estimate of drug-likeness (QED) is 0.853. The smallest absolute Gasteiger partial charge is 0.240 e. The number of nitrogens with zero attached hydrogens (tertiary/aromatic N) is 4. The van der Waals surface area contributed by atoms with Gasteiger partial charge in [-0.3, -0.25) is 4.68 Å². The van der Waals surface area contributed by atoms with Crippen LogP contribution in [0, 0.1) is 12.8 Å². The van der Waals surface area contributed by atoms with Crippen molar-refractivity contribution < 1.29 is 8.42 Å². The van der Waals surface area contributed by atoms with Crippen LogP contribution in [-0.2, 0) is 16.6 Å². The second-order valence-electron chi connectivity index (χ2n) is 6.62. The zero-order valence-electron chi connectivity index (χ0n) is 14.2.